The van der Waals surface area contributed by atoms with Gasteiger partial charge in [0.2, 0.25) is 0 Å². The molecule has 0 amide bonds. The van der Waals surface area contributed by atoms with Gasteiger partial charge in [-0.05, 0) is 51.2 Å². The van der Waals surface area contributed by atoms with Crippen LogP contribution in [0.5, 0.6) is 5.75 Å². The van der Waals surface area contributed by atoms with E-state index in [1.165, 1.54) is 0 Å². The zero-order chi connectivity index (χ0) is 13.0. The Kier molecular flexibility index (Phi) is 4.73. The van der Waals surface area contributed by atoms with Crippen LogP contribution in [0.1, 0.15) is 31.1 Å². The number of allylic oxidation sites excluding steroid dienone is 1. The predicted octanol–water partition coefficient (Wildman–Crippen LogP) is 2.45. The molecular formula is C14H21NO2. The Hall–Kier alpha value is -1.32. The lowest BCUT2D eigenvalue weighted by Gasteiger charge is -2.17. The summed E-state index contributed by atoms with van der Waals surface area (Å²) in [7, 11) is 3.95. The van der Waals surface area contributed by atoms with E-state index in [9.17, 15) is 10.2 Å². The SMILES string of the molecule is CC(C)=CC(O)c1cc(O)ccc1CN(C)C. The van der Waals surface area contributed by atoms with Crippen molar-refractivity contribution in [2.45, 2.75) is 26.5 Å². The molecule has 0 aliphatic carbocycles. The van der Waals surface area contributed by atoms with Gasteiger partial charge in [-0.1, -0.05) is 17.7 Å². The van der Waals surface area contributed by atoms with Gasteiger partial charge in [0.05, 0.1) is 6.10 Å². The molecule has 3 nitrogen and oxygen atoms in total. The van der Waals surface area contributed by atoms with Crippen LogP contribution in [0.4, 0.5) is 0 Å². The normalized spacial score (nSPS) is 12.6. The van der Waals surface area contributed by atoms with Gasteiger partial charge < -0.3 is 15.1 Å². The molecule has 0 bridgehead atoms. The molecule has 1 aromatic rings. The first-order chi connectivity index (χ1) is 7.90. The molecule has 0 saturated heterocycles. The molecule has 94 valence electrons. The molecule has 0 saturated carbocycles. The van der Waals surface area contributed by atoms with Crippen LogP contribution < -0.4 is 0 Å². The van der Waals surface area contributed by atoms with Crippen molar-refractivity contribution in [2.24, 2.45) is 0 Å². The minimum Gasteiger partial charge on any atom is -0.508 e. The Morgan fingerprint density at radius 1 is 1.35 bits per heavy atom. The second-order valence-corrected chi connectivity index (χ2v) is 4.81. The molecule has 0 aromatic heterocycles. The molecule has 3 heteroatoms. The van der Waals surface area contributed by atoms with Crippen LogP contribution in [-0.4, -0.2) is 29.2 Å². The summed E-state index contributed by atoms with van der Waals surface area (Å²) in [6, 6.07) is 5.13. The average Bonchev–Trinajstić information content (AvgIpc) is 2.19. The first-order valence-corrected chi connectivity index (χ1v) is 5.69. The second-order valence-electron chi connectivity index (χ2n) is 4.81. The summed E-state index contributed by atoms with van der Waals surface area (Å²) < 4.78 is 0. The summed E-state index contributed by atoms with van der Waals surface area (Å²) >= 11 is 0. The van der Waals surface area contributed by atoms with E-state index in [1.807, 2.05) is 38.9 Å². The fourth-order valence-corrected chi connectivity index (χ4v) is 1.75. The Balaban J connectivity index is 3.10. The molecule has 1 atom stereocenters. The summed E-state index contributed by atoms with van der Waals surface area (Å²) in [6.07, 6.45) is 1.12. The summed E-state index contributed by atoms with van der Waals surface area (Å²) in [5.74, 6) is 0.184. The van der Waals surface area contributed by atoms with Gasteiger partial charge in [-0.2, -0.15) is 0 Å². The number of phenols is 1. The number of aliphatic hydroxyl groups excluding tert-OH is 1. The highest BCUT2D eigenvalue weighted by Crippen LogP contribution is 2.25. The van der Waals surface area contributed by atoms with Crippen molar-refractivity contribution in [3.8, 4) is 5.75 Å². The minimum absolute atomic E-state index is 0.184. The summed E-state index contributed by atoms with van der Waals surface area (Å²) in [4.78, 5) is 2.03. The van der Waals surface area contributed by atoms with E-state index >= 15 is 0 Å². The van der Waals surface area contributed by atoms with E-state index in [1.54, 1.807) is 18.2 Å². The maximum atomic E-state index is 10.1. The molecular weight excluding hydrogens is 214 g/mol. The van der Waals surface area contributed by atoms with Gasteiger partial charge in [0.1, 0.15) is 5.75 Å². The molecule has 1 unspecified atom stereocenters. The van der Waals surface area contributed by atoms with Gasteiger partial charge in [-0.3, -0.25) is 0 Å². The Morgan fingerprint density at radius 2 is 2.00 bits per heavy atom. The molecule has 0 aliphatic rings. The zero-order valence-corrected chi connectivity index (χ0v) is 10.9. The van der Waals surface area contributed by atoms with Crippen LogP contribution in [0.2, 0.25) is 0 Å². The van der Waals surface area contributed by atoms with E-state index in [0.29, 0.717) is 0 Å². The number of aromatic hydroxyl groups is 1. The molecule has 0 radical (unpaired) electrons. The predicted molar refractivity (Wildman–Crippen MR) is 69.9 cm³/mol. The fourth-order valence-electron chi connectivity index (χ4n) is 1.75. The largest absolute Gasteiger partial charge is 0.508 e. The lowest BCUT2D eigenvalue weighted by Crippen LogP contribution is -2.13. The lowest BCUT2D eigenvalue weighted by molar-refractivity contribution is 0.224. The molecule has 0 fully saturated rings. The van der Waals surface area contributed by atoms with Crippen LogP contribution in [0.3, 0.4) is 0 Å². The van der Waals surface area contributed by atoms with E-state index in [2.05, 4.69) is 0 Å². The van der Waals surface area contributed by atoms with Gasteiger partial charge in [0.15, 0.2) is 0 Å². The van der Waals surface area contributed by atoms with Crippen LogP contribution in [-0.2, 0) is 6.54 Å². The molecule has 1 aromatic carbocycles. The number of benzene rings is 1. The first-order valence-electron chi connectivity index (χ1n) is 5.69. The van der Waals surface area contributed by atoms with Gasteiger partial charge in [-0.25, -0.2) is 0 Å². The fraction of sp³-hybridized carbons (Fsp3) is 0.429. The summed E-state index contributed by atoms with van der Waals surface area (Å²) in [5.41, 5.74) is 2.84. The van der Waals surface area contributed by atoms with Crippen molar-refractivity contribution in [2.75, 3.05) is 14.1 Å². The minimum atomic E-state index is -0.665. The first kappa shape index (κ1) is 13.7. The van der Waals surface area contributed by atoms with Crippen molar-refractivity contribution >= 4 is 0 Å². The standard InChI is InChI=1S/C14H21NO2/c1-10(2)7-14(17)13-8-12(16)6-5-11(13)9-15(3)4/h5-8,14,16-17H,9H2,1-4H3. The molecule has 0 aliphatic heterocycles. The Labute approximate surface area is 103 Å². The number of phenolic OH excluding ortho intramolecular Hbond substituents is 1. The second kappa shape index (κ2) is 5.84. The van der Waals surface area contributed by atoms with Crippen LogP contribution in [0.25, 0.3) is 0 Å². The monoisotopic (exact) mass is 235 g/mol. The Morgan fingerprint density at radius 3 is 2.53 bits per heavy atom. The van der Waals surface area contributed by atoms with E-state index in [-0.39, 0.29) is 5.75 Å². The molecule has 1 rings (SSSR count). The molecule has 2 N–H and O–H groups in total. The number of hydrogen-bond donors (Lipinski definition) is 2. The van der Waals surface area contributed by atoms with Crippen molar-refractivity contribution in [3.63, 3.8) is 0 Å². The maximum Gasteiger partial charge on any atom is 0.115 e. The molecule has 0 heterocycles. The number of nitrogens with zero attached hydrogens (tertiary/aromatic N) is 1. The van der Waals surface area contributed by atoms with Crippen molar-refractivity contribution in [1.82, 2.24) is 4.90 Å². The average molecular weight is 235 g/mol. The summed E-state index contributed by atoms with van der Waals surface area (Å²) in [6.45, 7) is 4.62. The number of rotatable bonds is 4. The third-order valence-corrected chi connectivity index (χ3v) is 2.43. The quantitative estimate of drug-likeness (QED) is 0.788. The highest BCUT2D eigenvalue weighted by atomic mass is 16.3. The lowest BCUT2D eigenvalue weighted by atomic mass is 10.00. The van der Waals surface area contributed by atoms with Gasteiger partial charge in [0.25, 0.3) is 0 Å². The van der Waals surface area contributed by atoms with Crippen molar-refractivity contribution in [3.05, 3.63) is 41.0 Å². The number of aliphatic hydroxyl groups is 1. The van der Waals surface area contributed by atoms with Gasteiger partial charge in [-0.15, -0.1) is 0 Å². The van der Waals surface area contributed by atoms with E-state index in [4.69, 9.17) is 0 Å². The van der Waals surface area contributed by atoms with E-state index in [0.717, 1.165) is 23.2 Å². The topological polar surface area (TPSA) is 43.7 Å². The highest BCUT2D eigenvalue weighted by molar-refractivity contribution is 5.38. The Bertz CT molecular complexity index is 407. The molecule has 0 spiro atoms. The molecule has 17 heavy (non-hydrogen) atoms. The summed E-state index contributed by atoms with van der Waals surface area (Å²) in [5, 5.41) is 19.6. The van der Waals surface area contributed by atoms with Crippen LogP contribution >= 0.6 is 0 Å². The van der Waals surface area contributed by atoms with Crippen LogP contribution in [0.15, 0.2) is 29.8 Å². The van der Waals surface area contributed by atoms with Crippen molar-refractivity contribution < 1.29 is 10.2 Å². The maximum absolute atomic E-state index is 10.1. The van der Waals surface area contributed by atoms with Gasteiger partial charge >= 0.3 is 0 Å². The third kappa shape index (κ3) is 4.21. The highest BCUT2D eigenvalue weighted by Gasteiger charge is 2.11. The number of hydrogen-bond acceptors (Lipinski definition) is 3. The third-order valence-electron chi connectivity index (χ3n) is 2.43. The van der Waals surface area contributed by atoms with Gasteiger partial charge in [0, 0.05) is 6.54 Å². The zero-order valence-electron chi connectivity index (χ0n) is 10.9. The smallest absolute Gasteiger partial charge is 0.115 e. The van der Waals surface area contributed by atoms with Crippen LogP contribution in [0, 0.1) is 0 Å². The van der Waals surface area contributed by atoms with Crippen molar-refractivity contribution in [1.29, 1.82) is 0 Å². The van der Waals surface area contributed by atoms with E-state index < -0.39 is 6.10 Å².